The first kappa shape index (κ1) is 91.5. The molecule has 5 atom stereocenters. The summed E-state index contributed by atoms with van der Waals surface area (Å²) < 4.78 is 68.4. The molecule has 0 fully saturated rings. The summed E-state index contributed by atoms with van der Waals surface area (Å²) in [5.74, 6) is 0.0604. The van der Waals surface area contributed by atoms with Crippen LogP contribution in [0.4, 0.5) is 0 Å². The largest absolute Gasteiger partial charge is 0.472 e. The number of aliphatic hydroxyl groups is 1. The Morgan fingerprint density at radius 2 is 0.574 bits per heavy atom. The van der Waals surface area contributed by atoms with Crippen LogP contribution in [0.2, 0.25) is 0 Å². The number of carbonyl (C=O) groups excluding carboxylic acids is 4. The zero-order valence-electron chi connectivity index (χ0n) is 60.9. The van der Waals surface area contributed by atoms with Crippen molar-refractivity contribution in [3.8, 4) is 0 Å². The Morgan fingerprint density at radius 3 is 0.862 bits per heavy atom. The molecule has 0 aliphatic carbocycles. The van der Waals surface area contributed by atoms with Crippen LogP contribution in [0.3, 0.4) is 0 Å². The first-order valence-corrected chi connectivity index (χ1v) is 41.2. The number of hydrogen-bond donors (Lipinski definition) is 3. The third kappa shape index (κ3) is 68.1. The molecule has 19 heteroatoms. The Labute approximate surface area is 573 Å². The molecule has 0 aliphatic heterocycles. The normalized spacial score (nSPS) is 14.3. The van der Waals surface area contributed by atoms with E-state index < -0.39 is 97.5 Å². The quantitative estimate of drug-likeness (QED) is 0.0169. The molecule has 3 unspecified atom stereocenters. The molecule has 0 radical (unpaired) electrons. The monoisotopic (exact) mass is 1380 g/mol. The summed E-state index contributed by atoms with van der Waals surface area (Å²) in [5.41, 5.74) is 0. The first-order chi connectivity index (χ1) is 45.2. The summed E-state index contributed by atoms with van der Waals surface area (Å²) in [6.07, 6.45) is 53.8. The number of allylic oxidation sites excluding steroid dienone is 4. The standard InChI is InChI=1S/C75H142O17P2/c1-8-9-10-11-12-13-14-15-18-22-25-28-35-44-51-58-74(79)91-70(62-85-72(77)56-49-42-37-30-33-40-47-54-67(4)5)64-89-93(81,82)87-60-69(76)61-88-94(83,84)90-65-71(63-86-73(78)57-50-43-38-31-34-41-48-55-68(6)7)92-75(80)59-52-45-36-29-26-23-20-17-16-19-21-24-27-32-39-46-53-66(2)3/h13-15,18,66-71,76H,8-12,16-17,19-65H2,1-7H3,(H,81,82)(H,83,84)/b14-13-,18-15-/t69?,70-,71-/m1/s1. The molecule has 0 saturated heterocycles. The SMILES string of the molecule is CCCCCC/C=C\C=C/CCCCCCCC(=O)O[C@H](COC(=O)CCCCCCCCCC(C)C)COP(=O)(O)OCC(O)COP(=O)(O)OC[C@@H](COC(=O)CCCCCCCCCC(C)C)OC(=O)CCCCCCCCCCCCCCCCCCC(C)C. The second kappa shape index (κ2) is 65.2. The maximum absolute atomic E-state index is 13.0. The number of rotatable bonds is 71. The topological polar surface area (TPSA) is 237 Å². The van der Waals surface area contributed by atoms with Crippen LogP contribution in [0.25, 0.3) is 0 Å². The number of hydrogen-bond acceptors (Lipinski definition) is 15. The van der Waals surface area contributed by atoms with Crippen LogP contribution in [0.1, 0.15) is 357 Å². The Hall–Kier alpha value is -2.46. The molecule has 0 heterocycles. The van der Waals surface area contributed by atoms with Gasteiger partial charge in [-0.25, -0.2) is 9.13 Å². The van der Waals surface area contributed by atoms with Gasteiger partial charge in [0.05, 0.1) is 26.4 Å². The second-order valence-corrected chi connectivity index (χ2v) is 30.7. The highest BCUT2D eigenvalue weighted by Gasteiger charge is 2.30. The minimum atomic E-state index is -4.96. The van der Waals surface area contributed by atoms with Crippen molar-refractivity contribution >= 4 is 39.5 Å². The Bertz CT molecular complexity index is 1930. The average molecular weight is 1380 g/mol. The summed E-state index contributed by atoms with van der Waals surface area (Å²) in [6.45, 7) is 11.7. The molecule has 0 aromatic heterocycles. The maximum atomic E-state index is 13.0. The van der Waals surface area contributed by atoms with Crippen molar-refractivity contribution in [1.82, 2.24) is 0 Å². The maximum Gasteiger partial charge on any atom is 0.472 e. The molecule has 94 heavy (non-hydrogen) atoms. The van der Waals surface area contributed by atoms with Crippen LogP contribution in [-0.2, 0) is 65.4 Å². The van der Waals surface area contributed by atoms with E-state index in [0.717, 1.165) is 121 Å². The van der Waals surface area contributed by atoms with Gasteiger partial charge in [0.15, 0.2) is 12.2 Å². The summed E-state index contributed by atoms with van der Waals surface area (Å²) in [4.78, 5) is 72.7. The predicted octanol–water partition coefficient (Wildman–Crippen LogP) is 21.3. The van der Waals surface area contributed by atoms with Crippen molar-refractivity contribution in [1.29, 1.82) is 0 Å². The number of ether oxygens (including phenoxy) is 4. The molecule has 0 aliphatic rings. The molecule has 3 N–H and O–H groups in total. The van der Waals surface area contributed by atoms with Gasteiger partial charge in [-0.05, 0) is 69.1 Å². The summed E-state index contributed by atoms with van der Waals surface area (Å²) in [5, 5.41) is 10.6. The number of unbranched alkanes of at least 4 members (excludes halogenated alkanes) is 36. The molecule has 0 spiro atoms. The lowest BCUT2D eigenvalue weighted by molar-refractivity contribution is -0.161. The third-order valence-electron chi connectivity index (χ3n) is 16.8. The smallest absolute Gasteiger partial charge is 0.462 e. The van der Waals surface area contributed by atoms with Crippen molar-refractivity contribution in [2.75, 3.05) is 39.6 Å². The van der Waals surface area contributed by atoms with E-state index in [4.69, 9.17) is 37.0 Å². The van der Waals surface area contributed by atoms with E-state index in [9.17, 15) is 43.2 Å². The number of aliphatic hydroxyl groups excluding tert-OH is 1. The van der Waals surface area contributed by atoms with Crippen LogP contribution in [0.15, 0.2) is 24.3 Å². The van der Waals surface area contributed by atoms with Gasteiger partial charge in [-0.2, -0.15) is 0 Å². The van der Waals surface area contributed by atoms with E-state index >= 15 is 0 Å². The fraction of sp³-hybridized carbons (Fsp3) is 0.893. The summed E-state index contributed by atoms with van der Waals surface area (Å²) in [6, 6.07) is 0. The van der Waals surface area contributed by atoms with E-state index in [2.05, 4.69) is 72.8 Å². The Balaban J connectivity index is 5.24. The van der Waals surface area contributed by atoms with E-state index in [1.165, 1.54) is 141 Å². The van der Waals surface area contributed by atoms with Crippen molar-refractivity contribution in [2.45, 2.75) is 375 Å². The van der Waals surface area contributed by atoms with Crippen LogP contribution >= 0.6 is 15.6 Å². The van der Waals surface area contributed by atoms with Crippen LogP contribution in [-0.4, -0.2) is 96.7 Å². The Kier molecular flexibility index (Phi) is 63.5. The first-order valence-electron chi connectivity index (χ1n) is 38.2. The minimum Gasteiger partial charge on any atom is -0.462 e. The van der Waals surface area contributed by atoms with Gasteiger partial charge in [0.25, 0.3) is 0 Å². The van der Waals surface area contributed by atoms with Gasteiger partial charge < -0.3 is 33.8 Å². The van der Waals surface area contributed by atoms with E-state index in [0.29, 0.717) is 37.5 Å². The van der Waals surface area contributed by atoms with Crippen molar-refractivity contribution in [3.63, 3.8) is 0 Å². The van der Waals surface area contributed by atoms with Crippen molar-refractivity contribution in [3.05, 3.63) is 24.3 Å². The van der Waals surface area contributed by atoms with Gasteiger partial charge in [-0.15, -0.1) is 0 Å². The van der Waals surface area contributed by atoms with E-state index in [1.54, 1.807) is 0 Å². The molecular formula is C75H142O17P2. The van der Waals surface area contributed by atoms with Crippen molar-refractivity contribution in [2.24, 2.45) is 17.8 Å². The van der Waals surface area contributed by atoms with Gasteiger partial charge in [-0.1, -0.05) is 304 Å². The fourth-order valence-electron chi connectivity index (χ4n) is 10.9. The highest BCUT2D eigenvalue weighted by atomic mass is 31.2. The van der Waals surface area contributed by atoms with Gasteiger partial charge >= 0.3 is 39.5 Å². The molecule has 0 bridgehead atoms. The van der Waals surface area contributed by atoms with Gasteiger partial charge in [0.2, 0.25) is 0 Å². The van der Waals surface area contributed by atoms with Gasteiger partial charge in [-0.3, -0.25) is 37.3 Å². The number of phosphoric ester groups is 2. The number of esters is 4. The molecular weight excluding hydrogens is 1230 g/mol. The number of carbonyl (C=O) groups is 4. The average Bonchev–Trinajstić information content (AvgIpc) is 1.49. The van der Waals surface area contributed by atoms with Gasteiger partial charge in [0, 0.05) is 25.7 Å². The molecule has 0 saturated carbocycles. The van der Waals surface area contributed by atoms with Crippen LogP contribution < -0.4 is 0 Å². The number of phosphoric acid groups is 2. The zero-order valence-corrected chi connectivity index (χ0v) is 62.7. The molecule has 0 rings (SSSR count). The van der Waals surface area contributed by atoms with Crippen LogP contribution in [0.5, 0.6) is 0 Å². The zero-order chi connectivity index (χ0) is 69.4. The Morgan fingerprint density at radius 1 is 0.330 bits per heavy atom. The minimum absolute atomic E-state index is 0.0839. The lowest BCUT2D eigenvalue weighted by atomic mass is 10.0. The van der Waals surface area contributed by atoms with E-state index in [1.807, 2.05) is 0 Å². The van der Waals surface area contributed by atoms with Crippen molar-refractivity contribution < 1.29 is 80.2 Å². The molecule has 0 amide bonds. The predicted molar refractivity (Wildman–Crippen MR) is 381 cm³/mol. The fourth-order valence-corrected chi connectivity index (χ4v) is 12.5. The summed E-state index contributed by atoms with van der Waals surface area (Å²) in [7, 11) is -9.92. The van der Waals surface area contributed by atoms with E-state index in [-0.39, 0.29) is 25.7 Å². The highest BCUT2D eigenvalue weighted by molar-refractivity contribution is 7.47. The highest BCUT2D eigenvalue weighted by Crippen LogP contribution is 2.45. The van der Waals surface area contributed by atoms with Gasteiger partial charge in [0.1, 0.15) is 19.3 Å². The lowest BCUT2D eigenvalue weighted by Crippen LogP contribution is -2.30. The second-order valence-electron chi connectivity index (χ2n) is 27.8. The third-order valence-corrected chi connectivity index (χ3v) is 18.7. The molecule has 0 aromatic rings. The lowest BCUT2D eigenvalue weighted by Gasteiger charge is -2.21. The molecule has 554 valence electrons. The summed E-state index contributed by atoms with van der Waals surface area (Å²) >= 11 is 0. The molecule has 0 aromatic carbocycles. The van der Waals surface area contributed by atoms with Crippen LogP contribution in [0, 0.1) is 17.8 Å². The molecule has 17 nitrogen and oxygen atoms in total.